The lowest BCUT2D eigenvalue weighted by Crippen LogP contribution is -2.42. The van der Waals surface area contributed by atoms with Gasteiger partial charge in [0.1, 0.15) is 4.88 Å². The molecule has 7 heteroatoms. The number of rotatable bonds is 4. The van der Waals surface area contributed by atoms with Crippen molar-refractivity contribution >= 4 is 17.2 Å². The number of likely N-dealkylation sites (tertiary alicyclic amines) is 1. The molecule has 1 aliphatic heterocycles. The van der Waals surface area contributed by atoms with Gasteiger partial charge in [0, 0.05) is 38.4 Å². The smallest absolute Gasteiger partial charge is 0.265 e. The SMILES string of the molecule is Cc1nc(C)c(C(=O)N(C)C[C@@H]2CCCN(C)[C@H]2c2cnn(C)c2)s1. The molecule has 0 spiro atoms. The van der Waals surface area contributed by atoms with Gasteiger partial charge >= 0.3 is 0 Å². The summed E-state index contributed by atoms with van der Waals surface area (Å²) < 4.78 is 1.85. The van der Waals surface area contributed by atoms with Gasteiger partial charge in [-0.25, -0.2) is 4.98 Å². The maximum atomic E-state index is 12.8. The highest BCUT2D eigenvalue weighted by Crippen LogP contribution is 2.35. The molecule has 6 nitrogen and oxygen atoms in total. The second kappa shape index (κ2) is 7.25. The third kappa shape index (κ3) is 3.77. The molecule has 3 rings (SSSR count). The molecule has 3 heterocycles. The fourth-order valence-corrected chi connectivity index (χ4v) is 4.82. The number of hydrogen-bond acceptors (Lipinski definition) is 5. The molecule has 0 saturated carbocycles. The third-order valence-corrected chi connectivity index (χ3v) is 6.09. The number of thiazole rings is 1. The molecule has 0 aliphatic carbocycles. The highest BCUT2D eigenvalue weighted by molar-refractivity contribution is 7.13. The molecular formula is C18H27N5OS. The zero-order valence-electron chi connectivity index (χ0n) is 15.7. The van der Waals surface area contributed by atoms with Crippen molar-refractivity contribution in [3.63, 3.8) is 0 Å². The Kier molecular flexibility index (Phi) is 5.24. The van der Waals surface area contributed by atoms with E-state index in [0.29, 0.717) is 12.0 Å². The van der Waals surface area contributed by atoms with E-state index in [4.69, 9.17) is 0 Å². The van der Waals surface area contributed by atoms with Crippen LogP contribution in [0.15, 0.2) is 12.4 Å². The van der Waals surface area contributed by atoms with Crippen LogP contribution in [0.2, 0.25) is 0 Å². The summed E-state index contributed by atoms with van der Waals surface area (Å²) in [7, 11) is 6.03. The van der Waals surface area contributed by atoms with Crippen molar-refractivity contribution in [3.05, 3.63) is 33.5 Å². The van der Waals surface area contributed by atoms with Crippen molar-refractivity contribution in [2.45, 2.75) is 32.7 Å². The van der Waals surface area contributed by atoms with Gasteiger partial charge in [0.15, 0.2) is 0 Å². The Morgan fingerprint density at radius 2 is 2.16 bits per heavy atom. The largest absolute Gasteiger partial charge is 0.341 e. The minimum Gasteiger partial charge on any atom is -0.341 e. The average molecular weight is 362 g/mol. The van der Waals surface area contributed by atoms with E-state index in [1.54, 1.807) is 0 Å². The monoisotopic (exact) mass is 361 g/mol. The third-order valence-electron chi connectivity index (χ3n) is 5.03. The Bertz CT molecular complexity index is 752. The van der Waals surface area contributed by atoms with Crippen molar-refractivity contribution in [1.29, 1.82) is 0 Å². The molecule has 0 radical (unpaired) electrons. The van der Waals surface area contributed by atoms with Crippen molar-refractivity contribution in [2.75, 3.05) is 27.2 Å². The molecule has 0 bridgehead atoms. The molecule has 0 N–H and O–H groups in total. The second-order valence-electron chi connectivity index (χ2n) is 7.11. The van der Waals surface area contributed by atoms with E-state index < -0.39 is 0 Å². The molecule has 1 amide bonds. The first-order valence-electron chi connectivity index (χ1n) is 8.75. The van der Waals surface area contributed by atoms with E-state index in [2.05, 4.69) is 28.2 Å². The zero-order chi connectivity index (χ0) is 18.1. The normalized spacial score (nSPS) is 21.5. The lowest BCUT2D eigenvalue weighted by atomic mass is 9.85. The van der Waals surface area contributed by atoms with Gasteiger partial charge in [0.25, 0.3) is 5.91 Å². The number of carbonyl (C=O) groups excluding carboxylic acids is 1. The van der Waals surface area contributed by atoms with Gasteiger partial charge < -0.3 is 4.90 Å². The van der Waals surface area contributed by atoms with Gasteiger partial charge in [-0.2, -0.15) is 5.10 Å². The number of nitrogens with zero attached hydrogens (tertiary/aromatic N) is 5. The molecule has 0 unspecified atom stereocenters. The number of carbonyl (C=O) groups is 1. The zero-order valence-corrected chi connectivity index (χ0v) is 16.5. The van der Waals surface area contributed by atoms with Crippen LogP contribution in [-0.4, -0.2) is 57.7 Å². The molecule has 2 atom stereocenters. The summed E-state index contributed by atoms with van der Waals surface area (Å²) in [6, 6.07) is 0.307. The van der Waals surface area contributed by atoms with E-state index >= 15 is 0 Å². The Morgan fingerprint density at radius 3 is 2.76 bits per heavy atom. The number of aromatic nitrogens is 3. The van der Waals surface area contributed by atoms with Crippen molar-refractivity contribution in [2.24, 2.45) is 13.0 Å². The van der Waals surface area contributed by atoms with Crippen LogP contribution in [0, 0.1) is 19.8 Å². The first kappa shape index (κ1) is 18.1. The number of amides is 1. The van der Waals surface area contributed by atoms with Crippen LogP contribution in [0.3, 0.4) is 0 Å². The van der Waals surface area contributed by atoms with E-state index in [0.717, 1.165) is 35.1 Å². The predicted molar refractivity (Wildman–Crippen MR) is 99.9 cm³/mol. The summed E-state index contributed by atoms with van der Waals surface area (Å²) in [4.78, 5) is 22.3. The number of aryl methyl sites for hydroxylation is 3. The molecule has 0 aromatic carbocycles. The first-order chi connectivity index (χ1) is 11.9. The average Bonchev–Trinajstić information content (AvgIpc) is 3.12. The molecule has 2 aromatic heterocycles. The highest BCUT2D eigenvalue weighted by atomic mass is 32.1. The minimum absolute atomic E-state index is 0.0845. The Hall–Kier alpha value is -1.73. The van der Waals surface area contributed by atoms with Gasteiger partial charge in [0.05, 0.1) is 16.9 Å². The first-order valence-corrected chi connectivity index (χ1v) is 9.56. The van der Waals surface area contributed by atoms with Crippen molar-refractivity contribution < 1.29 is 4.79 Å². The van der Waals surface area contributed by atoms with Gasteiger partial charge in [0.2, 0.25) is 0 Å². The quantitative estimate of drug-likeness (QED) is 0.840. The van der Waals surface area contributed by atoms with Crippen LogP contribution in [-0.2, 0) is 7.05 Å². The second-order valence-corrected chi connectivity index (χ2v) is 8.31. The van der Waals surface area contributed by atoms with Crippen LogP contribution in [0.1, 0.15) is 44.8 Å². The summed E-state index contributed by atoms with van der Waals surface area (Å²) >= 11 is 1.49. The standard InChI is InChI=1S/C18H27N5OS/c1-12-17(25-13(2)20-12)18(24)22(4)10-14-7-6-8-21(3)16(14)15-9-19-23(5)11-15/h9,11,14,16H,6-8,10H2,1-5H3/t14-,16+/m0/s1. The Labute approximate surface area is 153 Å². The molecule has 1 fully saturated rings. The summed E-state index contributed by atoms with van der Waals surface area (Å²) in [5.41, 5.74) is 2.07. The van der Waals surface area contributed by atoms with Crippen molar-refractivity contribution in [3.8, 4) is 0 Å². The summed E-state index contributed by atoms with van der Waals surface area (Å²) in [6.45, 7) is 5.69. The van der Waals surface area contributed by atoms with Gasteiger partial charge in [-0.05, 0) is 46.2 Å². The highest BCUT2D eigenvalue weighted by Gasteiger charge is 2.33. The molecule has 1 aliphatic rings. The van der Waals surface area contributed by atoms with Gasteiger partial charge in [-0.1, -0.05) is 0 Å². The van der Waals surface area contributed by atoms with Crippen LogP contribution < -0.4 is 0 Å². The van der Waals surface area contributed by atoms with Gasteiger partial charge in [-0.3, -0.25) is 14.4 Å². The topological polar surface area (TPSA) is 54.3 Å². The van der Waals surface area contributed by atoms with E-state index in [1.165, 1.54) is 23.3 Å². The van der Waals surface area contributed by atoms with Gasteiger partial charge in [-0.15, -0.1) is 11.3 Å². The summed E-state index contributed by atoms with van der Waals surface area (Å²) in [5, 5.41) is 5.28. The lowest BCUT2D eigenvalue weighted by molar-refractivity contribution is 0.0648. The van der Waals surface area contributed by atoms with E-state index in [9.17, 15) is 4.79 Å². The predicted octanol–water partition coefficient (Wildman–Crippen LogP) is 2.65. The maximum Gasteiger partial charge on any atom is 0.265 e. The van der Waals surface area contributed by atoms with Crippen LogP contribution in [0.25, 0.3) is 0 Å². The molecule has 1 saturated heterocycles. The van der Waals surface area contributed by atoms with E-state index in [1.807, 2.05) is 43.7 Å². The Morgan fingerprint density at radius 1 is 1.40 bits per heavy atom. The fourth-order valence-electron chi connectivity index (χ4n) is 3.91. The molecule has 25 heavy (non-hydrogen) atoms. The summed E-state index contributed by atoms with van der Waals surface area (Å²) in [6.07, 6.45) is 6.34. The molecular weight excluding hydrogens is 334 g/mol. The van der Waals surface area contributed by atoms with Crippen molar-refractivity contribution in [1.82, 2.24) is 24.6 Å². The van der Waals surface area contributed by atoms with Crippen LogP contribution in [0.5, 0.6) is 0 Å². The molecule has 136 valence electrons. The van der Waals surface area contributed by atoms with E-state index in [-0.39, 0.29) is 5.91 Å². The lowest BCUT2D eigenvalue weighted by Gasteiger charge is -2.40. The number of hydrogen-bond donors (Lipinski definition) is 0. The number of piperidine rings is 1. The Balaban J connectivity index is 1.77. The maximum absolute atomic E-state index is 12.8. The van der Waals surface area contributed by atoms with Crippen LogP contribution in [0.4, 0.5) is 0 Å². The minimum atomic E-state index is 0.0845. The molecule has 2 aromatic rings. The fraction of sp³-hybridized carbons (Fsp3) is 0.611. The summed E-state index contributed by atoms with van der Waals surface area (Å²) in [5.74, 6) is 0.493. The van der Waals surface area contributed by atoms with Crippen LogP contribution >= 0.6 is 11.3 Å².